The zero-order chi connectivity index (χ0) is 14.9. The summed E-state index contributed by atoms with van der Waals surface area (Å²) in [6.07, 6.45) is 0.199. The molecule has 0 aromatic heterocycles. The number of ether oxygens (including phenoxy) is 1. The molecular weight excluding hydrogens is 256 g/mol. The van der Waals surface area contributed by atoms with Crippen LogP contribution in [0.1, 0.15) is 37.6 Å². The van der Waals surface area contributed by atoms with Crippen LogP contribution in [0, 0.1) is 5.41 Å². The number of carbonyl (C=O) groups is 1. The molecule has 2 atom stereocenters. The number of hydrogen-bond acceptors (Lipinski definition) is 4. The molecule has 1 saturated carbocycles. The molecule has 2 unspecified atom stereocenters. The Bertz CT molecular complexity index is 514. The summed E-state index contributed by atoms with van der Waals surface area (Å²) < 4.78 is 5.46. The largest absolute Gasteiger partial charge is 0.491 e. The number of nitrogen functional groups attached to an aromatic ring is 1. The highest BCUT2D eigenvalue weighted by Gasteiger charge is 2.48. The van der Waals surface area contributed by atoms with Gasteiger partial charge in [0.25, 0.3) is 5.91 Å². The van der Waals surface area contributed by atoms with Gasteiger partial charge in [0.1, 0.15) is 0 Å². The first kappa shape index (κ1) is 14.7. The summed E-state index contributed by atoms with van der Waals surface area (Å²) in [7, 11) is 0. The van der Waals surface area contributed by atoms with Gasteiger partial charge in [-0.3, -0.25) is 4.79 Å². The summed E-state index contributed by atoms with van der Waals surface area (Å²) in [4.78, 5) is 12.4. The summed E-state index contributed by atoms with van der Waals surface area (Å²) in [5.74, 6) is 0.205. The van der Waals surface area contributed by atoms with E-state index in [1.54, 1.807) is 18.2 Å². The van der Waals surface area contributed by atoms with Crippen LogP contribution in [0.3, 0.4) is 0 Å². The average molecular weight is 278 g/mol. The number of carbonyl (C=O) groups excluding carboxylic acids is 1. The fourth-order valence-electron chi connectivity index (χ4n) is 2.42. The van der Waals surface area contributed by atoms with Crippen molar-refractivity contribution in [3.63, 3.8) is 0 Å². The second-order valence-electron chi connectivity index (χ2n) is 5.76. The highest BCUT2D eigenvalue weighted by molar-refractivity contribution is 5.98. The Hall–Kier alpha value is -1.75. The van der Waals surface area contributed by atoms with E-state index in [1.165, 1.54) is 0 Å². The summed E-state index contributed by atoms with van der Waals surface area (Å²) >= 11 is 0. The number of aliphatic hydroxyl groups is 1. The number of rotatable bonds is 4. The SMILES string of the molecule is CCOc1c(N)cccc1C(=O)NC1CC(O)C1(C)C. The second-order valence-corrected chi connectivity index (χ2v) is 5.76. The molecule has 5 nitrogen and oxygen atoms in total. The first-order valence-corrected chi connectivity index (χ1v) is 6.88. The van der Waals surface area contributed by atoms with Gasteiger partial charge in [0.15, 0.2) is 5.75 Å². The molecule has 1 aromatic carbocycles. The number of nitrogens with two attached hydrogens (primary N) is 1. The van der Waals surface area contributed by atoms with Crippen LogP contribution >= 0.6 is 0 Å². The van der Waals surface area contributed by atoms with Crippen LogP contribution < -0.4 is 15.8 Å². The Morgan fingerprint density at radius 1 is 1.55 bits per heavy atom. The summed E-state index contributed by atoms with van der Waals surface area (Å²) in [5.41, 5.74) is 6.43. The van der Waals surface area contributed by atoms with Crippen molar-refractivity contribution in [2.24, 2.45) is 5.41 Å². The third-order valence-electron chi connectivity index (χ3n) is 4.10. The number of para-hydroxylation sites is 1. The molecule has 0 spiro atoms. The van der Waals surface area contributed by atoms with Crippen molar-refractivity contribution < 1.29 is 14.6 Å². The van der Waals surface area contributed by atoms with Gasteiger partial charge in [0.2, 0.25) is 0 Å². The van der Waals surface area contributed by atoms with Crippen LogP contribution in [0.25, 0.3) is 0 Å². The zero-order valence-corrected chi connectivity index (χ0v) is 12.1. The van der Waals surface area contributed by atoms with Gasteiger partial charge in [-0.05, 0) is 25.5 Å². The maximum atomic E-state index is 12.4. The van der Waals surface area contributed by atoms with Crippen LogP contribution in [0.15, 0.2) is 18.2 Å². The van der Waals surface area contributed by atoms with Gasteiger partial charge in [0, 0.05) is 11.5 Å². The molecule has 5 heteroatoms. The number of amides is 1. The first-order chi connectivity index (χ1) is 9.37. The number of hydrogen-bond donors (Lipinski definition) is 3. The molecule has 1 aliphatic carbocycles. The molecule has 1 fully saturated rings. The van der Waals surface area contributed by atoms with Gasteiger partial charge >= 0.3 is 0 Å². The molecule has 4 N–H and O–H groups in total. The standard InChI is InChI=1S/C15H22N2O3/c1-4-20-13-9(6-5-7-10(13)16)14(19)17-11-8-12(18)15(11,2)3/h5-7,11-12,18H,4,8,16H2,1-3H3,(H,17,19). The van der Waals surface area contributed by atoms with Gasteiger partial charge in [-0.1, -0.05) is 19.9 Å². The van der Waals surface area contributed by atoms with Gasteiger partial charge < -0.3 is 20.9 Å². The molecular formula is C15H22N2O3. The average Bonchev–Trinajstić information content (AvgIpc) is 2.40. The Kier molecular flexibility index (Phi) is 3.90. The van der Waals surface area contributed by atoms with Crippen LogP contribution in [-0.4, -0.2) is 29.8 Å². The number of benzene rings is 1. The third kappa shape index (κ3) is 2.45. The zero-order valence-electron chi connectivity index (χ0n) is 12.1. The van der Waals surface area contributed by atoms with E-state index >= 15 is 0 Å². The van der Waals surface area contributed by atoms with E-state index in [4.69, 9.17) is 10.5 Å². The Morgan fingerprint density at radius 3 is 2.80 bits per heavy atom. The van der Waals surface area contributed by atoms with Gasteiger partial charge in [-0.15, -0.1) is 0 Å². The first-order valence-electron chi connectivity index (χ1n) is 6.88. The Morgan fingerprint density at radius 2 is 2.25 bits per heavy atom. The van der Waals surface area contributed by atoms with E-state index in [2.05, 4.69) is 5.32 Å². The lowest BCUT2D eigenvalue weighted by atomic mass is 9.64. The minimum atomic E-state index is -0.375. The summed E-state index contributed by atoms with van der Waals surface area (Å²) in [6, 6.07) is 5.09. The van der Waals surface area contributed by atoms with Crippen molar-refractivity contribution in [1.29, 1.82) is 0 Å². The predicted octanol–water partition coefficient (Wildman–Crippen LogP) is 1.56. The third-order valence-corrected chi connectivity index (χ3v) is 4.10. The molecule has 0 aliphatic heterocycles. The van der Waals surface area contributed by atoms with Crippen LogP contribution in [0.5, 0.6) is 5.75 Å². The van der Waals surface area contributed by atoms with Crippen LogP contribution in [-0.2, 0) is 0 Å². The molecule has 1 aliphatic rings. The number of nitrogens with one attached hydrogen (secondary N) is 1. The lowest BCUT2D eigenvalue weighted by molar-refractivity contribution is -0.0689. The molecule has 20 heavy (non-hydrogen) atoms. The molecule has 0 heterocycles. The monoisotopic (exact) mass is 278 g/mol. The number of anilines is 1. The molecule has 0 saturated heterocycles. The van der Waals surface area contributed by atoms with E-state index in [1.807, 2.05) is 20.8 Å². The molecule has 1 amide bonds. The second kappa shape index (κ2) is 5.32. The Labute approximate surface area is 119 Å². The van der Waals surface area contributed by atoms with Crippen molar-refractivity contribution in [2.75, 3.05) is 12.3 Å². The predicted molar refractivity (Wildman–Crippen MR) is 77.7 cm³/mol. The molecule has 110 valence electrons. The van der Waals surface area contributed by atoms with Crippen LogP contribution in [0.4, 0.5) is 5.69 Å². The molecule has 0 radical (unpaired) electrons. The summed E-state index contributed by atoms with van der Waals surface area (Å²) in [5, 5.41) is 12.7. The van der Waals surface area contributed by atoms with Crippen molar-refractivity contribution in [3.8, 4) is 5.75 Å². The van der Waals surface area contributed by atoms with E-state index in [0.29, 0.717) is 30.0 Å². The molecule has 0 bridgehead atoms. The van der Waals surface area contributed by atoms with Gasteiger partial charge in [0.05, 0.1) is 24.0 Å². The topological polar surface area (TPSA) is 84.6 Å². The maximum Gasteiger partial charge on any atom is 0.255 e. The minimum absolute atomic E-state index is 0.0408. The van der Waals surface area contributed by atoms with Gasteiger partial charge in [-0.2, -0.15) is 0 Å². The van der Waals surface area contributed by atoms with Crippen molar-refractivity contribution in [2.45, 2.75) is 39.3 Å². The minimum Gasteiger partial charge on any atom is -0.491 e. The highest BCUT2D eigenvalue weighted by Crippen LogP contribution is 2.40. The fourth-order valence-corrected chi connectivity index (χ4v) is 2.42. The normalized spacial score (nSPS) is 23.8. The highest BCUT2D eigenvalue weighted by atomic mass is 16.5. The molecule has 2 rings (SSSR count). The van der Waals surface area contributed by atoms with Crippen molar-refractivity contribution in [3.05, 3.63) is 23.8 Å². The van der Waals surface area contributed by atoms with E-state index in [0.717, 1.165) is 0 Å². The smallest absolute Gasteiger partial charge is 0.255 e. The quantitative estimate of drug-likeness (QED) is 0.730. The Balaban J connectivity index is 2.16. The van der Waals surface area contributed by atoms with E-state index in [9.17, 15) is 9.90 Å². The molecule has 1 aromatic rings. The van der Waals surface area contributed by atoms with Crippen molar-refractivity contribution in [1.82, 2.24) is 5.32 Å². The van der Waals surface area contributed by atoms with Crippen molar-refractivity contribution >= 4 is 11.6 Å². The van der Waals surface area contributed by atoms with Gasteiger partial charge in [-0.25, -0.2) is 0 Å². The van der Waals surface area contributed by atoms with E-state index < -0.39 is 0 Å². The lowest BCUT2D eigenvalue weighted by Gasteiger charge is -2.49. The maximum absolute atomic E-state index is 12.4. The number of aliphatic hydroxyl groups excluding tert-OH is 1. The lowest BCUT2D eigenvalue weighted by Crippen LogP contribution is -2.61. The van der Waals surface area contributed by atoms with E-state index in [-0.39, 0.29) is 23.5 Å². The van der Waals surface area contributed by atoms with Crippen LogP contribution in [0.2, 0.25) is 0 Å². The fraction of sp³-hybridized carbons (Fsp3) is 0.533. The summed E-state index contributed by atoms with van der Waals surface area (Å²) in [6.45, 7) is 6.17.